The van der Waals surface area contributed by atoms with Crippen LogP contribution < -0.4 is 15.0 Å². The van der Waals surface area contributed by atoms with E-state index in [1.54, 1.807) is 17.7 Å². The van der Waals surface area contributed by atoms with E-state index in [9.17, 15) is 9.90 Å². The van der Waals surface area contributed by atoms with Crippen molar-refractivity contribution in [2.75, 3.05) is 43.5 Å². The molecule has 4 aliphatic carbocycles. The molecule has 6 nitrogen and oxygen atoms in total. The van der Waals surface area contributed by atoms with E-state index in [1.165, 1.54) is 50.6 Å². The Labute approximate surface area is 243 Å². The summed E-state index contributed by atoms with van der Waals surface area (Å²) in [4.78, 5) is 16.6. The summed E-state index contributed by atoms with van der Waals surface area (Å²) in [6.45, 7) is 3.67. The van der Waals surface area contributed by atoms with Crippen LogP contribution in [-0.4, -0.2) is 49.3 Å². The number of rotatable bonds is 10. The van der Waals surface area contributed by atoms with Crippen molar-refractivity contribution < 1.29 is 14.6 Å². The highest BCUT2D eigenvalue weighted by molar-refractivity contribution is 5.95. The molecule has 0 amide bonds. The second-order valence-electron chi connectivity index (χ2n) is 12.9. The number of aromatic carboxylic acids is 1. The van der Waals surface area contributed by atoms with Gasteiger partial charge in [0.15, 0.2) is 0 Å². The first-order valence-corrected chi connectivity index (χ1v) is 15.4. The van der Waals surface area contributed by atoms with Crippen molar-refractivity contribution in [3.63, 3.8) is 0 Å². The number of carbonyl (C=O) groups is 1. The molecule has 2 atom stereocenters. The number of ether oxygens (including phenoxy) is 1. The quantitative estimate of drug-likeness (QED) is 0.273. The van der Waals surface area contributed by atoms with Gasteiger partial charge in [-0.25, -0.2) is 4.79 Å². The lowest BCUT2D eigenvalue weighted by Gasteiger charge is -2.34. The van der Waals surface area contributed by atoms with Crippen LogP contribution in [0.1, 0.15) is 60.9 Å². The lowest BCUT2D eigenvalue weighted by atomic mass is 9.71. The van der Waals surface area contributed by atoms with Crippen LogP contribution in [0.25, 0.3) is 0 Å². The summed E-state index contributed by atoms with van der Waals surface area (Å²) >= 11 is 0. The van der Waals surface area contributed by atoms with Crippen molar-refractivity contribution in [3.05, 3.63) is 77.9 Å². The zero-order chi connectivity index (χ0) is 28.0. The Balaban J connectivity index is 0.998. The highest BCUT2D eigenvalue weighted by atomic mass is 16.5. The van der Waals surface area contributed by atoms with Crippen LogP contribution >= 0.6 is 0 Å². The van der Waals surface area contributed by atoms with Gasteiger partial charge in [0.05, 0.1) is 11.3 Å². The average Bonchev–Trinajstić information content (AvgIpc) is 3.66. The number of hydrogen-bond acceptors (Lipinski definition) is 5. The molecular formula is C35H41N3O3. The van der Waals surface area contributed by atoms with Gasteiger partial charge in [0, 0.05) is 30.7 Å². The van der Waals surface area contributed by atoms with Gasteiger partial charge in [-0.05, 0) is 141 Å². The molecule has 4 bridgehead atoms. The molecule has 41 heavy (non-hydrogen) atoms. The molecule has 5 aliphatic rings. The molecule has 2 N–H and O–H groups in total. The Morgan fingerprint density at radius 3 is 2.27 bits per heavy atom. The molecule has 3 aromatic rings. The first-order chi connectivity index (χ1) is 20.0. The number of nitrogens with zero attached hydrogens (tertiary/aromatic N) is 2. The maximum Gasteiger partial charge on any atom is 0.337 e. The van der Waals surface area contributed by atoms with Crippen molar-refractivity contribution in [3.8, 4) is 5.75 Å². The monoisotopic (exact) mass is 551 g/mol. The van der Waals surface area contributed by atoms with E-state index in [-0.39, 0.29) is 5.56 Å². The number of carboxylic acids is 1. The van der Waals surface area contributed by atoms with Crippen LogP contribution in [0.15, 0.2) is 66.7 Å². The van der Waals surface area contributed by atoms with Gasteiger partial charge in [0.25, 0.3) is 0 Å². The Morgan fingerprint density at radius 1 is 0.951 bits per heavy atom. The van der Waals surface area contributed by atoms with Gasteiger partial charge in [-0.2, -0.15) is 0 Å². The summed E-state index contributed by atoms with van der Waals surface area (Å²) in [6, 6.07) is 22.7. The first-order valence-electron chi connectivity index (χ1n) is 15.4. The van der Waals surface area contributed by atoms with Crippen LogP contribution in [0, 0.1) is 17.8 Å². The Bertz CT molecular complexity index is 1380. The second-order valence-corrected chi connectivity index (χ2v) is 12.9. The summed E-state index contributed by atoms with van der Waals surface area (Å²) in [5.41, 5.74) is 5.86. The van der Waals surface area contributed by atoms with Gasteiger partial charge >= 0.3 is 5.97 Å². The fourth-order valence-corrected chi connectivity index (χ4v) is 8.56. The van der Waals surface area contributed by atoms with Crippen LogP contribution in [-0.2, 0) is 5.41 Å². The minimum atomic E-state index is -0.976. The summed E-state index contributed by atoms with van der Waals surface area (Å²) < 4.78 is 5.87. The molecule has 6 heteroatoms. The predicted molar refractivity (Wildman–Crippen MR) is 164 cm³/mol. The van der Waals surface area contributed by atoms with E-state index in [1.807, 2.05) is 18.2 Å². The number of carboxylic acid groups (broad SMARTS) is 1. The fraction of sp³-hybridized carbons (Fsp3) is 0.457. The van der Waals surface area contributed by atoms with Gasteiger partial charge in [-0.15, -0.1) is 0 Å². The topological polar surface area (TPSA) is 65.0 Å². The first kappa shape index (κ1) is 26.4. The highest BCUT2D eigenvalue weighted by Gasteiger charge is 2.58. The number of anilines is 4. The molecule has 8 rings (SSSR count). The van der Waals surface area contributed by atoms with Gasteiger partial charge in [0.1, 0.15) is 12.4 Å². The number of likely N-dealkylation sites (tertiary alicyclic amines) is 1. The maximum atomic E-state index is 12.0. The van der Waals surface area contributed by atoms with E-state index in [0.29, 0.717) is 23.5 Å². The van der Waals surface area contributed by atoms with Crippen LogP contribution in [0.5, 0.6) is 5.75 Å². The molecule has 0 aromatic heterocycles. The molecule has 0 radical (unpaired) electrons. The Morgan fingerprint density at radius 2 is 1.61 bits per heavy atom. The lowest BCUT2D eigenvalue weighted by molar-refractivity contribution is 0.0697. The van der Waals surface area contributed by atoms with Gasteiger partial charge in [0.2, 0.25) is 0 Å². The smallest absolute Gasteiger partial charge is 0.337 e. The molecule has 3 aromatic carbocycles. The number of nitrogens with one attached hydrogen (secondary N) is 1. The Kier molecular flexibility index (Phi) is 6.90. The van der Waals surface area contributed by atoms with Crippen LogP contribution in [0.3, 0.4) is 0 Å². The number of benzene rings is 3. The van der Waals surface area contributed by atoms with Gasteiger partial charge in [-0.3, -0.25) is 4.90 Å². The Hall–Kier alpha value is -3.51. The molecule has 0 spiro atoms. The van der Waals surface area contributed by atoms with Crippen molar-refractivity contribution in [2.45, 2.75) is 50.4 Å². The van der Waals surface area contributed by atoms with E-state index < -0.39 is 5.97 Å². The van der Waals surface area contributed by atoms with Crippen molar-refractivity contribution >= 4 is 28.7 Å². The van der Waals surface area contributed by atoms with Crippen LogP contribution in [0.2, 0.25) is 0 Å². The molecule has 1 saturated heterocycles. The minimum Gasteiger partial charge on any atom is -0.492 e. The molecule has 1 heterocycles. The third-order valence-electron chi connectivity index (χ3n) is 10.4. The van der Waals surface area contributed by atoms with E-state index in [2.05, 4.69) is 58.6 Å². The summed E-state index contributed by atoms with van der Waals surface area (Å²) in [7, 11) is 2.10. The minimum absolute atomic E-state index is 0.202. The molecular weight excluding hydrogens is 510 g/mol. The molecule has 214 valence electrons. The molecule has 4 saturated carbocycles. The largest absolute Gasteiger partial charge is 0.492 e. The standard InChI is InChI=1S/C35H41N3O3/c1-37(29-8-4-26(5-9-29)35-22-24-18-25(23-35)20-27(35)19-24)30-10-6-28(7-11-30)36-33-13-12-31(21-32(33)34(39)40)41-17-16-38-14-2-3-15-38/h4-13,21,24-25,27,36H,2-3,14-20,22-23H2,1H3,(H,39,40). The molecule has 2 unspecified atom stereocenters. The summed E-state index contributed by atoms with van der Waals surface area (Å²) in [5.74, 6) is 2.44. The van der Waals surface area contributed by atoms with Crippen molar-refractivity contribution in [1.29, 1.82) is 0 Å². The van der Waals surface area contributed by atoms with E-state index in [0.717, 1.165) is 48.8 Å². The molecule has 5 fully saturated rings. The third-order valence-corrected chi connectivity index (χ3v) is 10.4. The average molecular weight is 552 g/mol. The van der Waals surface area contributed by atoms with E-state index in [4.69, 9.17) is 4.74 Å². The van der Waals surface area contributed by atoms with E-state index >= 15 is 0 Å². The maximum absolute atomic E-state index is 12.0. The van der Waals surface area contributed by atoms with Gasteiger partial charge < -0.3 is 20.1 Å². The molecule has 1 aliphatic heterocycles. The van der Waals surface area contributed by atoms with Crippen molar-refractivity contribution in [1.82, 2.24) is 4.90 Å². The highest BCUT2D eigenvalue weighted by Crippen LogP contribution is 2.66. The van der Waals surface area contributed by atoms with Crippen molar-refractivity contribution in [2.24, 2.45) is 17.8 Å². The zero-order valence-electron chi connectivity index (χ0n) is 24.0. The second kappa shape index (κ2) is 10.7. The fourth-order valence-electron chi connectivity index (χ4n) is 8.56. The lowest BCUT2D eigenvalue weighted by Crippen LogP contribution is -2.27. The SMILES string of the molecule is CN(c1ccc(Nc2ccc(OCCN3CCCC3)cc2C(=O)O)cc1)c1ccc(C23CC4CC(CC2C4)C3)cc1. The summed E-state index contributed by atoms with van der Waals surface area (Å²) in [6.07, 6.45) is 9.66. The van der Waals surface area contributed by atoms with Crippen LogP contribution in [0.4, 0.5) is 22.7 Å². The summed E-state index contributed by atoms with van der Waals surface area (Å²) in [5, 5.41) is 13.1. The number of hydrogen-bond donors (Lipinski definition) is 2. The third kappa shape index (κ3) is 5.07. The normalized spacial score (nSPS) is 26.4. The predicted octanol–water partition coefficient (Wildman–Crippen LogP) is 7.45. The van der Waals surface area contributed by atoms with Gasteiger partial charge in [-0.1, -0.05) is 12.1 Å². The zero-order valence-corrected chi connectivity index (χ0v) is 24.0.